The van der Waals surface area contributed by atoms with E-state index in [0.29, 0.717) is 29.6 Å². The minimum absolute atomic E-state index is 0.0498. The minimum atomic E-state index is -0.0498. The molecule has 0 saturated carbocycles. The summed E-state index contributed by atoms with van der Waals surface area (Å²) in [5.74, 6) is 0.415. The van der Waals surface area contributed by atoms with Gasteiger partial charge in [0.2, 0.25) is 5.95 Å². The van der Waals surface area contributed by atoms with Crippen molar-refractivity contribution in [3.63, 3.8) is 0 Å². The van der Waals surface area contributed by atoms with E-state index in [1.807, 2.05) is 41.0 Å². The van der Waals surface area contributed by atoms with Gasteiger partial charge in [0.1, 0.15) is 0 Å². The molecule has 1 aromatic heterocycles. The number of unbranched alkanes of at least 4 members (excludes halogenated alkanes) is 1. The zero-order chi connectivity index (χ0) is 16.9. The molecule has 3 N–H and O–H groups in total. The van der Waals surface area contributed by atoms with Crippen LogP contribution in [0.3, 0.4) is 0 Å². The van der Waals surface area contributed by atoms with Crippen LogP contribution in [-0.2, 0) is 6.54 Å². The van der Waals surface area contributed by atoms with Crippen molar-refractivity contribution in [2.45, 2.75) is 19.4 Å². The van der Waals surface area contributed by atoms with Crippen molar-refractivity contribution in [1.82, 2.24) is 14.9 Å². The summed E-state index contributed by atoms with van der Waals surface area (Å²) < 4.78 is 1.93. The average molecular weight is 343 g/mol. The summed E-state index contributed by atoms with van der Waals surface area (Å²) in [7, 11) is 0. The number of hydrogen-bond donors (Lipinski definition) is 2. The van der Waals surface area contributed by atoms with Crippen LogP contribution in [-0.4, -0.2) is 22.0 Å². The number of carbonyl (C=O) groups excluding carboxylic acids is 1. The van der Waals surface area contributed by atoms with E-state index in [1.165, 1.54) is 0 Å². The molecule has 0 atom stereocenters. The van der Waals surface area contributed by atoms with Crippen molar-refractivity contribution >= 4 is 34.5 Å². The van der Waals surface area contributed by atoms with Crippen molar-refractivity contribution in [1.29, 1.82) is 0 Å². The molecule has 0 bridgehead atoms. The van der Waals surface area contributed by atoms with Crippen LogP contribution >= 0.6 is 11.6 Å². The molecule has 3 aromatic rings. The Morgan fingerprint density at radius 3 is 2.71 bits per heavy atom. The number of nitrogen functional groups attached to an aromatic ring is 1. The molecule has 0 aliphatic heterocycles. The molecule has 1 amide bonds. The third-order valence-electron chi connectivity index (χ3n) is 3.88. The lowest BCUT2D eigenvalue weighted by Crippen LogP contribution is -2.24. The number of nitrogens with one attached hydrogen (secondary N) is 1. The van der Waals surface area contributed by atoms with Gasteiger partial charge in [-0.2, -0.15) is 0 Å². The maximum Gasteiger partial charge on any atom is 0.251 e. The lowest BCUT2D eigenvalue weighted by atomic mass is 10.2. The highest BCUT2D eigenvalue weighted by atomic mass is 35.5. The topological polar surface area (TPSA) is 72.9 Å². The Morgan fingerprint density at radius 2 is 1.92 bits per heavy atom. The summed E-state index contributed by atoms with van der Waals surface area (Å²) in [6.45, 7) is 1.33. The molecule has 24 heavy (non-hydrogen) atoms. The van der Waals surface area contributed by atoms with Gasteiger partial charge in [-0.05, 0) is 37.1 Å². The number of benzene rings is 2. The molecule has 6 heteroatoms. The first kappa shape index (κ1) is 16.3. The van der Waals surface area contributed by atoms with Crippen molar-refractivity contribution in [3.05, 3.63) is 59.1 Å². The van der Waals surface area contributed by atoms with Crippen LogP contribution in [0, 0.1) is 0 Å². The number of imidazole rings is 1. The lowest BCUT2D eigenvalue weighted by molar-refractivity contribution is 0.0953. The number of fused-ring (bicyclic) bond motifs is 1. The van der Waals surface area contributed by atoms with Gasteiger partial charge in [-0.3, -0.25) is 4.79 Å². The molecule has 0 aliphatic rings. The Kier molecular flexibility index (Phi) is 5.01. The number of amides is 1. The van der Waals surface area contributed by atoms with Crippen LogP contribution in [0.1, 0.15) is 23.2 Å². The number of aryl methyl sites for hydroxylation is 1. The second-order valence-electron chi connectivity index (χ2n) is 5.56. The van der Waals surface area contributed by atoms with E-state index in [1.54, 1.807) is 12.1 Å². The second kappa shape index (κ2) is 7.36. The summed E-state index contributed by atoms with van der Waals surface area (Å²) in [6.07, 6.45) is 1.72. The third kappa shape index (κ3) is 3.51. The third-order valence-corrected chi connectivity index (χ3v) is 4.18. The highest BCUT2D eigenvalue weighted by Gasteiger charge is 2.10. The molecule has 1 heterocycles. The zero-order valence-electron chi connectivity index (χ0n) is 13.2. The largest absolute Gasteiger partial charge is 0.369 e. The van der Waals surface area contributed by atoms with E-state index < -0.39 is 0 Å². The number of rotatable bonds is 6. The fourth-order valence-electron chi connectivity index (χ4n) is 2.67. The van der Waals surface area contributed by atoms with Crippen molar-refractivity contribution in [2.75, 3.05) is 12.3 Å². The number of nitrogens with two attached hydrogens (primary N) is 1. The molecule has 3 rings (SSSR count). The molecule has 0 fully saturated rings. The number of nitrogens with zero attached hydrogens (tertiary/aromatic N) is 2. The second-order valence-corrected chi connectivity index (χ2v) is 5.97. The fourth-order valence-corrected chi connectivity index (χ4v) is 2.95. The summed E-state index contributed by atoms with van der Waals surface area (Å²) in [5, 5.41) is 3.57. The van der Waals surface area contributed by atoms with Gasteiger partial charge >= 0.3 is 0 Å². The Balaban J connectivity index is 1.52. The number of para-hydroxylation sites is 1. The summed E-state index contributed by atoms with van der Waals surface area (Å²) in [5.41, 5.74) is 8.33. The first-order valence-corrected chi connectivity index (χ1v) is 8.28. The van der Waals surface area contributed by atoms with Crippen LogP contribution < -0.4 is 11.1 Å². The maximum atomic E-state index is 11.9. The highest BCUT2D eigenvalue weighted by molar-refractivity contribution is 6.35. The molecule has 0 unspecified atom stereocenters. The molecule has 0 saturated heterocycles. The van der Waals surface area contributed by atoms with Crippen molar-refractivity contribution < 1.29 is 4.79 Å². The number of hydrogen-bond acceptors (Lipinski definition) is 3. The van der Waals surface area contributed by atoms with E-state index >= 15 is 0 Å². The van der Waals surface area contributed by atoms with Gasteiger partial charge in [0.15, 0.2) is 0 Å². The summed E-state index contributed by atoms with van der Waals surface area (Å²) in [6, 6.07) is 14.8. The number of carbonyl (C=O) groups is 1. The van der Waals surface area contributed by atoms with Gasteiger partial charge in [-0.15, -0.1) is 0 Å². The van der Waals surface area contributed by atoms with Gasteiger partial charge in [-0.1, -0.05) is 35.9 Å². The predicted molar refractivity (Wildman–Crippen MR) is 97.2 cm³/mol. The fraction of sp³-hybridized carbons (Fsp3) is 0.222. The standard InChI is InChI=1S/C18H19ClN4O/c19-14-9-6-10-15-16(14)23(18(20)22-15)12-5-4-11-21-17(24)13-7-2-1-3-8-13/h1-3,6-10H,4-5,11-12H2,(H2,20,22)(H,21,24). The molecule has 0 radical (unpaired) electrons. The molecule has 0 aliphatic carbocycles. The SMILES string of the molecule is Nc1nc2cccc(Cl)c2n1CCCCNC(=O)c1ccccc1. The smallest absolute Gasteiger partial charge is 0.251 e. The zero-order valence-corrected chi connectivity index (χ0v) is 14.0. The Morgan fingerprint density at radius 1 is 1.12 bits per heavy atom. The van der Waals surface area contributed by atoms with Gasteiger partial charge in [-0.25, -0.2) is 4.98 Å². The normalized spacial score (nSPS) is 10.9. The average Bonchev–Trinajstić information content (AvgIpc) is 2.92. The molecule has 0 spiro atoms. The predicted octanol–water partition coefficient (Wildman–Crippen LogP) is 3.48. The van der Waals surface area contributed by atoms with Gasteiger partial charge in [0.05, 0.1) is 16.1 Å². The quantitative estimate of drug-likeness (QED) is 0.673. The molecular formula is C18H19ClN4O. The molecule has 2 aromatic carbocycles. The van der Waals surface area contributed by atoms with E-state index in [2.05, 4.69) is 10.3 Å². The summed E-state index contributed by atoms with van der Waals surface area (Å²) >= 11 is 6.25. The first-order valence-electron chi connectivity index (χ1n) is 7.90. The molecule has 5 nitrogen and oxygen atoms in total. The van der Waals surface area contributed by atoms with Gasteiger partial charge in [0.25, 0.3) is 5.91 Å². The van der Waals surface area contributed by atoms with E-state index in [-0.39, 0.29) is 5.91 Å². The van der Waals surface area contributed by atoms with Crippen LogP contribution in [0.15, 0.2) is 48.5 Å². The summed E-state index contributed by atoms with van der Waals surface area (Å²) in [4.78, 5) is 16.3. The Bertz CT molecular complexity index is 845. The first-order chi connectivity index (χ1) is 11.7. The van der Waals surface area contributed by atoms with Crippen molar-refractivity contribution in [2.24, 2.45) is 0 Å². The number of aromatic nitrogens is 2. The highest BCUT2D eigenvalue weighted by Crippen LogP contribution is 2.25. The lowest BCUT2D eigenvalue weighted by Gasteiger charge is -2.08. The number of anilines is 1. The maximum absolute atomic E-state index is 11.9. The Labute approximate surface area is 145 Å². The van der Waals surface area contributed by atoms with Gasteiger partial charge < -0.3 is 15.6 Å². The van der Waals surface area contributed by atoms with Crippen LogP contribution in [0.2, 0.25) is 5.02 Å². The Hall–Kier alpha value is -2.53. The molecular weight excluding hydrogens is 324 g/mol. The van der Waals surface area contributed by atoms with E-state index in [4.69, 9.17) is 17.3 Å². The van der Waals surface area contributed by atoms with E-state index in [9.17, 15) is 4.79 Å². The minimum Gasteiger partial charge on any atom is -0.369 e. The van der Waals surface area contributed by atoms with Gasteiger partial charge in [0, 0.05) is 18.7 Å². The molecule has 124 valence electrons. The number of halogens is 1. The van der Waals surface area contributed by atoms with Crippen LogP contribution in [0.4, 0.5) is 5.95 Å². The monoisotopic (exact) mass is 342 g/mol. The van der Waals surface area contributed by atoms with Crippen LogP contribution in [0.25, 0.3) is 11.0 Å². The van der Waals surface area contributed by atoms with Crippen LogP contribution in [0.5, 0.6) is 0 Å². The van der Waals surface area contributed by atoms with E-state index in [0.717, 1.165) is 23.9 Å². The van der Waals surface area contributed by atoms with Crippen molar-refractivity contribution in [3.8, 4) is 0 Å².